The molecule has 10 aromatic rings. The minimum absolute atomic E-state index is 0.139. The van der Waals surface area contributed by atoms with E-state index in [4.69, 9.17) is 34.8 Å². The Bertz CT molecular complexity index is 3470. The van der Waals surface area contributed by atoms with E-state index in [1.807, 2.05) is 84.9 Å². The molecule has 0 atom stereocenters. The third-order valence-corrected chi connectivity index (χ3v) is 8.54. The second-order valence-electron chi connectivity index (χ2n) is 11.5. The Hall–Kier alpha value is -6.85. The highest BCUT2D eigenvalue weighted by Crippen LogP contribution is 2.41. The van der Waals surface area contributed by atoms with Gasteiger partial charge in [-0.15, -0.1) is 0 Å². The molecule has 50 heavy (non-hydrogen) atoms. The highest BCUT2D eigenvalue weighted by atomic mass is 16.3. The average Bonchev–Trinajstić information content (AvgIpc) is 3.87. The molecule has 0 N–H and O–H groups in total. The summed E-state index contributed by atoms with van der Waals surface area (Å²) < 4.78 is 109. The zero-order valence-electron chi connectivity index (χ0n) is 36.9. The van der Waals surface area contributed by atoms with Gasteiger partial charge < -0.3 is 8.83 Å². The second kappa shape index (κ2) is 11.4. The Kier molecular flexibility index (Phi) is 4.38. The number of fused-ring (bicyclic) bond motifs is 6. The molecular weight excluding hydrogens is 615 g/mol. The Morgan fingerprint density at radius 1 is 0.400 bits per heavy atom. The molecule has 0 fully saturated rings. The minimum Gasteiger partial charge on any atom is -0.456 e. The fraction of sp³-hybridized carbons (Fsp3) is 0. The number of benzene rings is 7. The zero-order chi connectivity index (χ0) is 42.6. The monoisotopic (exact) mass is 652 g/mol. The molecule has 0 aliphatic rings. The van der Waals surface area contributed by atoms with E-state index >= 15 is 0 Å². The minimum atomic E-state index is -0.691. The molecule has 0 spiro atoms. The summed E-state index contributed by atoms with van der Waals surface area (Å²) in [5, 5.41) is 1.40. The molecule has 5 nitrogen and oxygen atoms in total. The van der Waals surface area contributed by atoms with E-state index in [9.17, 15) is 4.11 Å². The van der Waals surface area contributed by atoms with Crippen LogP contribution in [0.4, 0.5) is 0 Å². The molecule has 10 rings (SSSR count). The quantitative estimate of drug-likeness (QED) is 0.185. The van der Waals surface area contributed by atoms with Gasteiger partial charge in [0.2, 0.25) is 0 Å². The van der Waals surface area contributed by atoms with Gasteiger partial charge in [-0.2, -0.15) is 0 Å². The van der Waals surface area contributed by atoms with Crippen LogP contribution in [0.1, 0.15) is 15.1 Å². The average molecular weight is 653 g/mol. The van der Waals surface area contributed by atoms with Gasteiger partial charge in [0.1, 0.15) is 22.3 Å². The molecule has 0 bridgehead atoms. The topological polar surface area (TPSA) is 65.0 Å². The first-order chi connectivity index (χ1) is 29.3. The van der Waals surface area contributed by atoms with E-state index in [-0.39, 0.29) is 50.5 Å². The fourth-order valence-electron chi connectivity index (χ4n) is 6.28. The molecular formula is C45H27N3O2. The van der Waals surface area contributed by atoms with Crippen molar-refractivity contribution in [2.24, 2.45) is 0 Å². The normalized spacial score (nSPS) is 14.7. The van der Waals surface area contributed by atoms with Crippen LogP contribution < -0.4 is 0 Å². The van der Waals surface area contributed by atoms with Crippen molar-refractivity contribution in [1.29, 1.82) is 0 Å². The van der Waals surface area contributed by atoms with Crippen molar-refractivity contribution in [3.8, 4) is 56.4 Å². The maximum Gasteiger partial charge on any atom is 0.164 e. The van der Waals surface area contributed by atoms with Gasteiger partial charge in [0.25, 0.3) is 0 Å². The number of rotatable bonds is 5. The highest BCUT2D eigenvalue weighted by molar-refractivity contribution is 6.14. The van der Waals surface area contributed by atoms with Crippen LogP contribution in [-0.4, -0.2) is 15.0 Å². The van der Waals surface area contributed by atoms with Crippen molar-refractivity contribution < 1.29 is 23.9 Å². The summed E-state index contributed by atoms with van der Waals surface area (Å²) in [7, 11) is 0. The summed E-state index contributed by atoms with van der Waals surface area (Å²) in [6, 6.07) is 23.6. The summed E-state index contributed by atoms with van der Waals surface area (Å²) in [5.74, 6) is 0.240. The van der Waals surface area contributed by atoms with E-state index in [1.165, 1.54) is 0 Å². The van der Waals surface area contributed by atoms with E-state index in [0.717, 1.165) is 21.9 Å². The number of hydrogen-bond acceptors (Lipinski definition) is 5. The van der Waals surface area contributed by atoms with Gasteiger partial charge in [0.15, 0.2) is 17.5 Å². The van der Waals surface area contributed by atoms with Gasteiger partial charge in [-0.25, -0.2) is 15.0 Å². The Balaban J connectivity index is 1.27. The summed E-state index contributed by atoms with van der Waals surface area (Å²) >= 11 is 0. The molecule has 5 heteroatoms. The van der Waals surface area contributed by atoms with Crippen LogP contribution >= 0.6 is 0 Å². The number of para-hydroxylation sites is 1. The van der Waals surface area contributed by atoms with Crippen molar-refractivity contribution in [3.63, 3.8) is 0 Å². The third-order valence-electron chi connectivity index (χ3n) is 8.54. The van der Waals surface area contributed by atoms with Crippen LogP contribution in [0.2, 0.25) is 0 Å². The summed E-state index contributed by atoms with van der Waals surface area (Å²) in [5.41, 5.74) is 2.50. The third kappa shape index (κ3) is 4.67. The lowest BCUT2D eigenvalue weighted by Crippen LogP contribution is -2.00. The van der Waals surface area contributed by atoms with Crippen LogP contribution in [0.15, 0.2) is 172 Å². The van der Waals surface area contributed by atoms with Crippen LogP contribution in [-0.2, 0) is 0 Å². The Morgan fingerprint density at radius 2 is 1.06 bits per heavy atom. The van der Waals surface area contributed by atoms with Gasteiger partial charge in [0, 0.05) is 38.2 Å². The molecule has 0 unspecified atom stereocenters. The zero-order valence-corrected chi connectivity index (χ0v) is 25.9. The molecule has 0 amide bonds. The van der Waals surface area contributed by atoms with Crippen LogP contribution in [0.25, 0.3) is 100 Å². The first kappa shape index (κ1) is 19.2. The van der Waals surface area contributed by atoms with Crippen molar-refractivity contribution in [2.45, 2.75) is 0 Å². The van der Waals surface area contributed by atoms with Gasteiger partial charge in [0.05, 0.1) is 15.1 Å². The van der Waals surface area contributed by atoms with Gasteiger partial charge in [-0.1, -0.05) is 127 Å². The molecule has 0 saturated carbocycles. The van der Waals surface area contributed by atoms with Crippen LogP contribution in [0, 0.1) is 0 Å². The highest BCUT2D eigenvalue weighted by Gasteiger charge is 2.19. The van der Waals surface area contributed by atoms with Gasteiger partial charge in [-0.05, 0) is 58.6 Å². The number of hydrogen-bond donors (Lipinski definition) is 0. The second-order valence-corrected chi connectivity index (χ2v) is 11.5. The lowest BCUT2D eigenvalue weighted by Gasteiger charge is -2.11. The largest absolute Gasteiger partial charge is 0.456 e. The first-order valence-electron chi connectivity index (χ1n) is 21.2. The predicted octanol–water partition coefficient (Wildman–Crippen LogP) is 12.0. The standard InChI is InChI=1S/C45H27N3O2/c1-4-13-28(14-5-1)33-20-12-22-38-41(33)35-24-23-31(26-39(35)50-38)44-46-43(30-17-8-3-9-18-30)47-45(48-44)32-25-36(29-15-6-2-7-16-29)42-34-19-10-11-21-37(34)49-40(42)27-32/h1-27H/i1D,4D,5D,12D,13D,14D,20D,22D,23D,24D,26D. The van der Waals surface area contributed by atoms with Crippen LogP contribution in [0.3, 0.4) is 0 Å². The van der Waals surface area contributed by atoms with Crippen molar-refractivity contribution >= 4 is 43.9 Å². The maximum atomic E-state index is 9.52. The molecule has 0 aliphatic carbocycles. The Morgan fingerprint density at radius 3 is 1.86 bits per heavy atom. The fourth-order valence-corrected chi connectivity index (χ4v) is 6.28. The van der Waals surface area contributed by atoms with Crippen molar-refractivity contribution in [1.82, 2.24) is 15.0 Å². The molecule has 0 saturated heterocycles. The van der Waals surface area contributed by atoms with Gasteiger partial charge in [-0.3, -0.25) is 0 Å². The summed E-state index contributed by atoms with van der Waals surface area (Å²) in [4.78, 5) is 14.5. The number of nitrogens with zero attached hydrogens (tertiary/aromatic N) is 3. The lowest BCUT2D eigenvalue weighted by atomic mass is 9.97. The predicted molar refractivity (Wildman–Crippen MR) is 202 cm³/mol. The first-order valence-corrected chi connectivity index (χ1v) is 15.7. The van der Waals surface area contributed by atoms with Crippen molar-refractivity contribution in [2.75, 3.05) is 0 Å². The van der Waals surface area contributed by atoms with Gasteiger partial charge >= 0.3 is 0 Å². The molecule has 0 radical (unpaired) electrons. The van der Waals surface area contributed by atoms with E-state index in [0.29, 0.717) is 22.3 Å². The van der Waals surface area contributed by atoms with Crippen molar-refractivity contribution in [3.05, 3.63) is 164 Å². The number of aromatic nitrogens is 3. The van der Waals surface area contributed by atoms with Crippen LogP contribution in [0.5, 0.6) is 0 Å². The Labute approximate surface area is 302 Å². The van der Waals surface area contributed by atoms with E-state index < -0.39 is 72.0 Å². The maximum absolute atomic E-state index is 9.52. The molecule has 7 aromatic carbocycles. The SMILES string of the molecule is [2H]c1c([2H])c([2H])c(-c2c([2H])c([2H])c([2H])c3oc4c([2H])c(-c5nc(-c6ccccc6)nc(-c6cc(-c7ccccc7)c7c(c6)oc6ccccc67)n5)c([2H])c([2H])c4c23)c([2H])c1[2H]. The van der Waals surface area contributed by atoms with E-state index in [2.05, 4.69) is 0 Å². The molecule has 3 aromatic heterocycles. The smallest absolute Gasteiger partial charge is 0.164 e. The summed E-state index contributed by atoms with van der Waals surface area (Å²) in [6.45, 7) is 0. The van der Waals surface area contributed by atoms with E-state index in [1.54, 1.807) is 12.1 Å². The number of furan rings is 2. The lowest BCUT2D eigenvalue weighted by molar-refractivity contribution is 0.669. The summed E-state index contributed by atoms with van der Waals surface area (Å²) in [6.07, 6.45) is 0. The molecule has 234 valence electrons. The molecule has 0 aliphatic heterocycles. The molecule has 3 heterocycles.